The first-order chi connectivity index (χ1) is 9.78. The van der Waals surface area contributed by atoms with E-state index in [2.05, 4.69) is 10.1 Å². The number of fused-ring (bicyclic) bond motifs is 1. The minimum absolute atomic E-state index is 0.0575. The molecule has 1 aliphatic heterocycles. The molecule has 2 aromatic rings. The molecule has 0 saturated heterocycles. The summed E-state index contributed by atoms with van der Waals surface area (Å²) in [6, 6.07) is 10.9. The molecule has 0 radical (unpaired) electrons. The van der Waals surface area contributed by atoms with Crippen LogP contribution in [0.4, 0.5) is 0 Å². The fraction of sp³-hybridized carbons (Fsp3) is 0.143. The molecular formula is C14H13N3O3. The first-order valence-corrected chi connectivity index (χ1v) is 6.10. The van der Waals surface area contributed by atoms with Crippen molar-refractivity contribution in [2.24, 2.45) is 10.9 Å². The van der Waals surface area contributed by atoms with Crippen LogP contribution in [-0.4, -0.2) is 22.6 Å². The van der Waals surface area contributed by atoms with E-state index in [1.807, 2.05) is 18.2 Å². The summed E-state index contributed by atoms with van der Waals surface area (Å²) in [5.74, 6) is 1.16. The average molecular weight is 271 g/mol. The highest BCUT2D eigenvalue weighted by molar-refractivity contribution is 5.97. The zero-order chi connectivity index (χ0) is 13.9. The summed E-state index contributed by atoms with van der Waals surface area (Å²) in [6.45, 7) is 0.387. The second kappa shape index (κ2) is 5.08. The lowest BCUT2D eigenvalue weighted by atomic mass is 10.1. The highest BCUT2D eigenvalue weighted by Crippen LogP contribution is 2.33. The zero-order valence-electron chi connectivity index (χ0n) is 10.6. The van der Waals surface area contributed by atoms with Crippen LogP contribution >= 0.6 is 0 Å². The molecule has 0 fully saturated rings. The number of benzene rings is 1. The van der Waals surface area contributed by atoms with Gasteiger partial charge in [-0.2, -0.15) is 0 Å². The first kappa shape index (κ1) is 12.3. The van der Waals surface area contributed by atoms with Crippen LogP contribution in [0, 0.1) is 0 Å². The van der Waals surface area contributed by atoms with Gasteiger partial charge in [-0.05, 0) is 23.8 Å². The predicted octanol–water partition coefficient (Wildman–Crippen LogP) is 1.69. The number of nitrogens with two attached hydrogens (primary N) is 1. The van der Waals surface area contributed by atoms with Crippen molar-refractivity contribution >= 4 is 5.84 Å². The van der Waals surface area contributed by atoms with E-state index in [-0.39, 0.29) is 11.9 Å². The molecule has 6 heteroatoms. The monoisotopic (exact) mass is 271 g/mol. The standard InChI is InChI=1S/C14H13N3O3/c15-13(17-18)10-4-1-3-9(7-10)12-8-19-11-5-2-6-16-14(11)20-12/h1-7,12,18H,8H2,(H2,15,17)/t12-/m0/s1. The van der Waals surface area contributed by atoms with Gasteiger partial charge in [-0.15, -0.1) is 0 Å². The maximum Gasteiger partial charge on any atom is 0.257 e. The van der Waals surface area contributed by atoms with Crippen molar-refractivity contribution < 1.29 is 14.7 Å². The van der Waals surface area contributed by atoms with Crippen LogP contribution in [0.15, 0.2) is 47.8 Å². The second-order valence-corrected chi connectivity index (χ2v) is 4.33. The summed E-state index contributed by atoms with van der Waals surface area (Å²) < 4.78 is 11.4. The molecule has 20 heavy (non-hydrogen) atoms. The third-order valence-electron chi connectivity index (χ3n) is 3.04. The summed E-state index contributed by atoms with van der Waals surface area (Å²) in [7, 11) is 0. The van der Waals surface area contributed by atoms with Gasteiger partial charge in [0.05, 0.1) is 0 Å². The van der Waals surface area contributed by atoms with E-state index in [0.29, 0.717) is 23.8 Å². The molecule has 1 atom stereocenters. The summed E-state index contributed by atoms with van der Waals surface area (Å²) >= 11 is 0. The molecule has 0 amide bonds. The first-order valence-electron chi connectivity index (χ1n) is 6.10. The number of pyridine rings is 1. The molecule has 1 aromatic carbocycles. The Hall–Kier alpha value is -2.76. The van der Waals surface area contributed by atoms with Crippen molar-refractivity contribution in [3.8, 4) is 11.6 Å². The van der Waals surface area contributed by atoms with Gasteiger partial charge >= 0.3 is 0 Å². The molecule has 0 unspecified atom stereocenters. The van der Waals surface area contributed by atoms with E-state index in [9.17, 15) is 0 Å². The Morgan fingerprint density at radius 3 is 3.10 bits per heavy atom. The highest BCUT2D eigenvalue weighted by Gasteiger charge is 2.23. The van der Waals surface area contributed by atoms with Gasteiger partial charge in [-0.1, -0.05) is 23.4 Å². The molecule has 0 aliphatic carbocycles. The van der Waals surface area contributed by atoms with Crippen LogP contribution in [0.2, 0.25) is 0 Å². The van der Waals surface area contributed by atoms with E-state index in [4.69, 9.17) is 20.4 Å². The Balaban J connectivity index is 1.88. The lowest BCUT2D eigenvalue weighted by Crippen LogP contribution is -2.23. The van der Waals surface area contributed by atoms with E-state index in [0.717, 1.165) is 5.56 Å². The minimum Gasteiger partial charge on any atom is -0.484 e. The number of hydrogen-bond donors (Lipinski definition) is 2. The normalized spacial score (nSPS) is 17.8. The zero-order valence-corrected chi connectivity index (χ0v) is 10.6. The van der Waals surface area contributed by atoms with Crippen LogP contribution < -0.4 is 15.2 Å². The third kappa shape index (κ3) is 2.23. The van der Waals surface area contributed by atoms with Gasteiger partial charge in [-0.25, -0.2) is 4.98 Å². The van der Waals surface area contributed by atoms with Crippen LogP contribution in [0.1, 0.15) is 17.2 Å². The topological polar surface area (TPSA) is 90.0 Å². The Morgan fingerprint density at radius 1 is 1.35 bits per heavy atom. The molecule has 6 nitrogen and oxygen atoms in total. The summed E-state index contributed by atoms with van der Waals surface area (Å²) in [5.41, 5.74) is 7.09. The van der Waals surface area contributed by atoms with Gasteiger partial charge in [0.25, 0.3) is 5.88 Å². The van der Waals surface area contributed by atoms with Crippen molar-refractivity contribution in [1.29, 1.82) is 0 Å². The number of aromatic nitrogens is 1. The Morgan fingerprint density at radius 2 is 2.25 bits per heavy atom. The molecule has 1 aliphatic rings. The van der Waals surface area contributed by atoms with E-state index in [1.165, 1.54) is 0 Å². The van der Waals surface area contributed by atoms with E-state index >= 15 is 0 Å². The van der Waals surface area contributed by atoms with Crippen LogP contribution in [0.25, 0.3) is 0 Å². The number of hydrogen-bond acceptors (Lipinski definition) is 5. The van der Waals surface area contributed by atoms with Gasteiger partial charge in [-0.3, -0.25) is 0 Å². The van der Waals surface area contributed by atoms with Gasteiger partial charge in [0.2, 0.25) is 0 Å². The number of nitrogens with zero attached hydrogens (tertiary/aromatic N) is 2. The lowest BCUT2D eigenvalue weighted by Gasteiger charge is -2.25. The summed E-state index contributed by atoms with van der Waals surface area (Å²) in [5, 5.41) is 11.7. The van der Waals surface area contributed by atoms with Crippen LogP contribution in [-0.2, 0) is 0 Å². The molecule has 0 saturated carbocycles. The second-order valence-electron chi connectivity index (χ2n) is 4.33. The fourth-order valence-corrected chi connectivity index (χ4v) is 2.03. The van der Waals surface area contributed by atoms with Crippen molar-refractivity contribution in [2.45, 2.75) is 6.10 Å². The lowest BCUT2D eigenvalue weighted by molar-refractivity contribution is 0.0851. The maximum atomic E-state index is 8.72. The molecule has 3 rings (SSSR count). The predicted molar refractivity (Wildman–Crippen MR) is 72.1 cm³/mol. The number of rotatable bonds is 2. The molecule has 102 valence electrons. The molecule has 2 heterocycles. The Labute approximate surface area is 115 Å². The molecule has 0 spiro atoms. The molecule has 3 N–H and O–H groups in total. The maximum absolute atomic E-state index is 8.72. The largest absolute Gasteiger partial charge is 0.484 e. The molecule has 1 aromatic heterocycles. The van der Waals surface area contributed by atoms with Crippen LogP contribution in [0.3, 0.4) is 0 Å². The molecule has 0 bridgehead atoms. The third-order valence-corrected chi connectivity index (χ3v) is 3.04. The SMILES string of the molecule is N/C(=N\O)c1cccc([C@@H]2COc3cccnc3O2)c1. The van der Waals surface area contributed by atoms with Gasteiger partial charge < -0.3 is 20.4 Å². The minimum atomic E-state index is -0.274. The van der Waals surface area contributed by atoms with E-state index in [1.54, 1.807) is 24.4 Å². The van der Waals surface area contributed by atoms with Crippen LogP contribution in [0.5, 0.6) is 11.6 Å². The smallest absolute Gasteiger partial charge is 0.257 e. The van der Waals surface area contributed by atoms with Crippen molar-refractivity contribution in [3.63, 3.8) is 0 Å². The molecular weight excluding hydrogens is 258 g/mol. The van der Waals surface area contributed by atoms with Crippen molar-refractivity contribution in [1.82, 2.24) is 4.98 Å². The average Bonchev–Trinajstić information content (AvgIpc) is 2.53. The summed E-state index contributed by atoms with van der Waals surface area (Å²) in [6.07, 6.45) is 1.38. The fourth-order valence-electron chi connectivity index (χ4n) is 2.03. The number of ether oxygens (including phenoxy) is 2. The van der Waals surface area contributed by atoms with Crippen molar-refractivity contribution in [2.75, 3.05) is 6.61 Å². The number of amidine groups is 1. The Kier molecular flexibility index (Phi) is 3.12. The quantitative estimate of drug-likeness (QED) is 0.375. The van der Waals surface area contributed by atoms with Crippen molar-refractivity contribution in [3.05, 3.63) is 53.7 Å². The Bertz CT molecular complexity index is 658. The van der Waals surface area contributed by atoms with Gasteiger partial charge in [0.1, 0.15) is 6.61 Å². The van der Waals surface area contributed by atoms with E-state index < -0.39 is 0 Å². The highest BCUT2D eigenvalue weighted by atomic mass is 16.6. The summed E-state index contributed by atoms with van der Waals surface area (Å²) in [4.78, 5) is 4.13. The number of oxime groups is 1. The van der Waals surface area contributed by atoms with Gasteiger partial charge in [0, 0.05) is 11.8 Å². The van der Waals surface area contributed by atoms with Gasteiger partial charge in [0.15, 0.2) is 17.7 Å².